The average Bonchev–Trinajstić information content (AvgIpc) is 3.22. The van der Waals surface area contributed by atoms with E-state index in [1.54, 1.807) is 7.11 Å². The van der Waals surface area contributed by atoms with Gasteiger partial charge >= 0.3 is 5.69 Å². The molecule has 0 radical (unpaired) electrons. The fraction of sp³-hybridized carbons (Fsp3) is 0.360. The largest absolute Gasteiger partial charge is 0.496 e. The molecule has 4 heterocycles. The Morgan fingerprint density at radius 3 is 2.91 bits per heavy atom. The molecular weight excluding hydrogens is 438 g/mol. The highest BCUT2D eigenvalue weighted by Crippen LogP contribution is 2.46. The number of benzene rings is 2. The maximum absolute atomic E-state index is 13.1. The zero-order valence-electron chi connectivity index (χ0n) is 18.4. The predicted molar refractivity (Wildman–Crippen MR) is 130 cm³/mol. The van der Waals surface area contributed by atoms with Crippen LogP contribution in [0.3, 0.4) is 0 Å². The first kappa shape index (κ1) is 20.5. The van der Waals surface area contributed by atoms with Gasteiger partial charge in [0.05, 0.1) is 19.2 Å². The summed E-state index contributed by atoms with van der Waals surface area (Å²) in [5, 5.41) is 0.925. The lowest BCUT2D eigenvalue weighted by Gasteiger charge is -2.42. The Kier molecular flexibility index (Phi) is 4.99. The fourth-order valence-electron chi connectivity index (χ4n) is 5.40. The number of hydrogen-bond acceptors (Lipinski definition) is 6. The van der Waals surface area contributed by atoms with Crippen molar-refractivity contribution < 1.29 is 9.47 Å². The van der Waals surface area contributed by atoms with Crippen LogP contribution in [0.15, 0.2) is 52.1 Å². The molecule has 0 amide bonds. The number of fused-ring (bicyclic) bond motifs is 6. The monoisotopic (exact) mass is 463 g/mol. The minimum atomic E-state index is -0.342. The Hall–Kier alpha value is -3.10. The van der Waals surface area contributed by atoms with E-state index < -0.39 is 0 Å². The summed E-state index contributed by atoms with van der Waals surface area (Å²) in [6.07, 6.45) is 1.00. The van der Waals surface area contributed by atoms with Gasteiger partial charge in [0.25, 0.3) is 5.56 Å². The molecule has 33 heavy (non-hydrogen) atoms. The maximum atomic E-state index is 13.1. The van der Waals surface area contributed by atoms with Crippen LogP contribution in [0.25, 0.3) is 20.3 Å². The lowest BCUT2D eigenvalue weighted by Crippen LogP contribution is -2.46. The first-order chi connectivity index (χ1) is 16.1. The van der Waals surface area contributed by atoms with Crippen molar-refractivity contribution in [1.29, 1.82) is 0 Å². The molecule has 0 bridgehead atoms. The molecule has 170 valence electrons. The number of rotatable bonds is 4. The number of methoxy groups -OCH3 is 1. The highest BCUT2D eigenvalue weighted by molar-refractivity contribution is 7.25. The van der Waals surface area contributed by atoms with E-state index >= 15 is 0 Å². The Labute approximate surface area is 194 Å². The lowest BCUT2D eigenvalue weighted by molar-refractivity contribution is 0.0890. The molecule has 2 aliphatic rings. The normalized spacial score (nSPS) is 20.4. The molecule has 7 nitrogen and oxygen atoms in total. The number of hydrogen-bond donors (Lipinski definition) is 1. The number of nitrogens with zero attached hydrogens (tertiary/aromatic N) is 2. The molecule has 8 heteroatoms. The molecule has 1 fully saturated rings. The van der Waals surface area contributed by atoms with Gasteiger partial charge in [0, 0.05) is 41.2 Å². The number of likely N-dealkylation sites (tertiary alicyclic amines) is 1. The molecule has 0 unspecified atom stereocenters. The summed E-state index contributed by atoms with van der Waals surface area (Å²) in [5.41, 5.74) is 1.28. The van der Waals surface area contributed by atoms with Crippen LogP contribution in [0.1, 0.15) is 17.9 Å². The Morgan fingerprint density at radius 2 is 2.03 bits per heavy atom. The third-order valence-electron chi connectivity index (χ3n) is 7.04. The van der Waals surface area contributed by atoms with Crippen molar-refractivity contribution in [2.75, 3.05) is 33.4 Å². The van der Waals surface area contributed by atoms with E-state index in [-0.39, 0.29) is 11.2 Å². The molecule has 2 aliphatic heterocycles. The number of aromatic nitrogens is 2. The summed E-state index contributed by atoms with van der Waals surface area (Å²) < 4.78 is 14.6. The van der Waals surface area contributed by atoms with Gasteiger partial charge in [-0.1, -0.05) is 24.3 Å². The van der Waals surface area contributed by atoms with Crippen molar-refractivity contribution in [3.8, 4) is 11.5 Å². The summed E-state index contributed by atoms with van der Waals surface area (Å²) in [6.45, 7) is 3.49. The first-order valence-corrected chi connectivity index (χ1v) is 12.1. The number of aromatic amines is 1. The third-order valence-corrected chi connectivity index (χ3v) is 8.20. The van der Waals surface area contributed by atoms with E-state index in [9.17, 15) is 9.59 Å². The van der Waals surface area contributed by atoms with E-state index in [4.69, 9.17) is 9.47 Å². The lowest BCUT2D eigenvalue weighted by atomic mass is 9.78. The first-order valence-electron chi connectivity index (χ1n) is 11.3. The molecule has 2 atom stereocenters. The predicted octanol–water partition coefficient (Wildman–Crippen LogP) is 3.41. The summed E-state index contributed by atoms with van der Waals surface area (Å²) in [4.78, 5) is 31.2. The molecule has 1 saturated heterocycles. The molecule has 4 aromatic rings. The zero-order valence-corrected chi connectivity index (χ0v) is 19.2. The van der Waals surface area contributed by atoms with Crippen LogP contribution >= 0.6 is 11.3 Å². The van der Waals surface area contributed by atoms with E-state index in [0.29, 0.717) is 41.7 Å². The molecule has 1 N–H and O–H groups in total. The Balaban J connectivity index is 1.22. The minimum Gasteiger partial charge on any atom is -0.496 e. The Bertz CT molecular complexity index is 1460. The summed E-state index contributed by atoms with van der Waals surface area (Å²) in [5.74, 6) is 2.59. The van der Waals surface area contributed by atoms with E-state index in [1.807, 2.05) is 42.5 Å². The van der Waals surface area contributed by atoms with Gasteiger partial charge in [-0.3, -0.25) is 9.36 Å². The van der Waals surface area contributed by atoms with Gasteiger partial charge < -0.3 is 19.4 Å². The third kappa shape index (κ3) is 3.36. The molecule has 0 spiro atoms. The number of ether oxygens (including phenoxy) is 2. The van der Waals surface area contributed by atoms with Crippen molar-refractivity contribution in [3.63, 3.8) is 0 Å². The van der Waals surface area contributed by atoms with Crippen LogP contribution in [-0.2, 0) is 6.54 Å². The molecule has 2 aromatic carbocycles. The second-order valence-electron chi connectivity index (χ2n) is 8.83. The minimum absolute atomic E-state index is 0.204. The zero-order chi connectivity index (χ0) is 22.5. The van der Waals surface area contributed by atoms with Gasteiger partial charge in [0.15, 0.2) is 0 Å². The van der Waals surface area contributed by atoms with Crippen LogP contribution in [0.5, 0.6) is 11.5 Å². The van der Waals surface area contributed by atoms with Crippen molar-refractivity contribution >= 4 is 31.6 Å². The highest BCUT2D eigenvalue weighted by Gasteiger charge is 2.37. The van der Waals surface area contributed by atoms with Crippen LogP contribution in [0.2, 0.25) is 0 Å². The number of nitrogens with one attached hydrogen (secondary N) is 1. The van der Waals surface area contributed by atoms with Crippen molar-refractivity contribution in [3.05, 3.63) is 68.9 Å². The Morgan fingerprint density at radius 1 is 1.15 bits per heavy atom. The van der Waals surface area contributed by atoms with Crippen molar-refractivity contribution in [2.45, 2.75) is 18.9 Å². The van der Waals surface area contributed by atoms with Crippen LogP contribution < -0.4 is 20.7 Å². The van der Waals surface area contributed by atoms with E-state index in [0.717, 1.165) is 41.1 Å². The van der Waals surface area contributed by atoms with E-state index in [2.05, 4.69) is 9.88 Å². The van der Waals surface area contributed by atoms with Gasteiger partial charge in [-0.05, 0) is 37.1 Å². The van der Waals surface area contributed by atoms with Gasteiger partial charge in [-0.25, -0.2) is 4.79 Å². The SMILES string of the molecule is COc1cccc2c1[C@H]1CCN(CCn3c(=O)[nH]c4c(sc5ccccc54)c3=O)C[C@@H]1CO2. The molecule has 0 aliphatic carbocycles. The second-order valence-corrected chi connectivity index (χ2v) is 9.88. The van der Waals surface area contributed by atoms with Crippen LogP contribution in [0.4, 0.5) is 0 Å². The fourth-order valence-corrected chi connectivity index (χ4v) is 6.51. The molecule has 2 aromatic heterocycles. The molecule has 6 rings (SSSR count). The highest BCUT2D eigenvalue weighted by atomic mass is 32.1. The van der Waals surface area contributed by atoms with Crippen molar-refractivity contribution in [1.82, 2.24) is 14.5 Å². The smallest absolute Gasteiger partial charge is 0.328 e. The summed E-state index contributed by atoms with van der Waals surface area (Å²) >= 11 is 1.44. The molecule has 0 saturated carbocycles. The van der Waals surface area contributed by atoms with Crippen molar-refractivity contribution in [2.24, 2.45) is 5.92 Å². The number of piperidine rings is 1. The van der Waals surface area contributed by atoms with E-state index in [1.165, 1.54) is 21.5 Å². The van der Waals surface area contributed by atoms with Gasteiger partial charge in [-0.2, -0.15) is 0 Å². The standard InChI is InChI=1S/C25H25N3O4S/c1-31-18-6-4-7-19-21(18)16-9-10-27(13-15(16)14-32-19)11-12-28-24(29)23-22(26-25(28)30)17-5-2-3-8-20(17)33-23/h2-8,15-16H,9-14H2,1H3,(H,26,30)/t15-,16+/m1/s1. The quantitative estimate of drug-likeness (QED) is 0.502. The van der Waals surface area contributed by atoms with Crippen LogP contribution in [0, 0.1) is 5.92 Å². The second kappa shape index (κ2) is 8.04. The maximum Gasteiger partial charge on any atom is 0.328 e. The summed E-state index contributed by atoms with van der Waals surface area (Å²) in [6, 6.07) is 13.8. The topological polar surface area (TPSA) is 76.6 Å². The average molecular weight is 464 g/mol. The van der Waals surface area contributed by atoms with Gasteiger partial charge in [0.1, 0.15) is 16.2 Å². The van der Waals surface area contributed by atoms with Gasteiger partial charge in [-0.15, -0.1) is 11.3 Å². The van der Waals surface area contributed by atoms with Crippen LogP contribution in [-0.4, -0.2) is 47.8 Å². The number of H-pyrrole nitrogens is 1. The number of thiophene rings is 1. The van der Waals surface area contributed by atoms with Gasteiger partial charge in [0.2, 0.25) is 0 Å². The summed E-state index contributed by atoms with van der Waals surface area (Å²) in [7, 11) is 1.71. The molecular formula is C25H25N3O4S.